The van der Waals surface area contributed by atoms with Gasteiger partial charge >= 0.3 is 0 Å². The van der Waals surface area contributed by atoms with Crippen LogP contribution in [0.25, 0.3) is 33.4 Å². The van der Waals surface area contributed by atoms with Crippen molar-refractivity contribution in [2.45, 2.75) is 0 Å². The van der Waals surface area contributed by atoms with E-state index in [0.29, 0.717) is 5.56 Å². The number of pyridine rings is 1. The molecule has 2 aromatic carbocycles. The lowest BCUT2D eigenvalue weighted by molar-refractivity contribution is 0.313. The Labute approximate surface area is 175 Å². The summed E-state index contributed by atoms with van der Waals surface area (Å²) in [4.78, 5) is 9.46. The number of nitrogens with zero attached hydrogens (tertiary/aromatic N) is 4. The Morgan fingerprint density at radius 3 is 2.47 bits per heavy atom. The van der Waals surface area contributed by atoms with Crippen molar-refractivity contribution < 1.29 is 4.42 Å². The van der Waals surface area contributed by atoms with Crippen LogP contribution in [0.15, 0.2) is 71.5 Å². The van der Waals surface area contributed by atoms with Crippen molar-refractivity contribution >= 4 is 16.8 Å². The summed E-state index contributed by atoms with van der Waals surface area (Å²) in [6.45, 7) is 4.31. The third kappa shape index (κ3) is 3.32. The lowest BCUT2D eigenvalue weighted by Crippen LogP contribution is -2.44. The van der Waals surface area contributed by atoms with E-state index < -0.39 is 0 Å². The fraction of sp³-hybridized carbons (Fsp3) is 0.200. The molecule has 30 heavy (non-hydrogen) atoms. The predicted molar refractivity (Wildman–Crippen MR) is 119 cm³/mol. The van der Waals surface area contributed by atoms with Crippen molar-refractivity contribution in [1.82, 2.24) is 9.88 Å². The molecule has 0 bridgehead atoms. The first kappa shape index (κ1) is 18.4. The van der Waals surface area contributed by atoms with Crippen LogP contribution >= 0.6 is 0 Å². The van der Waals surface area contributed by atoms with Gasteiger partial charge in [-0.3, -0.25) is 4.98 Å². The smallest absolute Gasteiger partial charge is 0.153 e. The van der Waals surface area contributed by atoms with Gasteiger partial charge in [0.1, 0.15) is 11.8 Å². The zero-order valence-electron chi connectivity index (χ0n) is 16.9. The van der Waals surface area contributed by atoms with Gasteiger partial charge < -0.3 is 14.2 Å². The Morgan fingerprint density at radius 1 is 0.933 bits per heavy atom. The molecule has 0 saturated carbocycles. The van der Waals surface area contributed by atoms with Gasteiger partial charge in [-0.25, -0.2) is 0 Å². The highest BCUT2D eigenvalue weighted by Gasteiger charge is 2.16. The molecule has 0 N–H and O–H groups in total. The van der Waals surface area contributed by atoms with Crippen molar-refractivity contribution in [3.05, 3.63) is 72.6 Å². The second-order valence-electron chi connectivity index (χ2n) is 7.71. The highest BCUT2D eigenvalue weighted by molar-refractivity contribution is 5.94. The van der Waals surface area contributed by atoms with Crippen LogP contribution < -0.4 is 4.90 Å². The van der Waals surface area contributed by atoms with Crippen molar-refractivity contribution in [1.29, 1.82) is 5.26 Å². The molecule has 0 amide bonds. The van der Waals surface area contributed by atoms with Crippen LogP contribution in [0.5, 0.6) is 0 Å². The standard InChI is InChI=1S/C25H22N4O/c1-28-10-12-29(13-11-28)21-8-6-18(7-9-21)20-14-24-25(27-16-20)23(17-30-24)22-5-3-2-4-19(22)15-26/h2-9,14,16-17H,10-13H2,1H3. The van der Waals surface area contributed by atoms with E-state index in [1.807, 2.05) is 36.5 Å². The maximum absolute atomic E-state index is 9.40. The molecule has 1 saturated heterocycles. The van der Waals surface area contributed by atoms with Gasteiger partial charge in [0.2, 0.25) is 0 Å². The summed E-state index contributed by atoms with van der Waals surface area (Å²) in [7, 11) is 2.17. The fourth-order valence-corrected chi connectivity index (χ4v) is 4.01. The molecule has 0 radical (unpaired) electrons. The minimum atomic E-state index is 0.616. The van der Waals surface area contributed by atoms with Crippen LogP contribution in [0, 0.1) is 11.3 Å². The van der Waals surface area contributed by atoms with E-state index in [0.717, 1.165) is 59.5 Å². The zero-order valence-corrected chi connectivity index (χ0v) is 16.9. The van der Waals surface area contributed by atoms with Crippen molar-refractivity contribution in [3.63, 3.8) is 0 Å². The molecule has 1 fully saturated rings. The average Bonchev–Trinajstić information content (AvgIpc) is 3.23. The maximum Gasteiger partial charge on any atom is 0.153 e. The first-order chi connectivity index (χ1) is 14.7. The van der Waals surface area contributed by atoms with E-state index >= 15 is 0 Å². The molecular formula is C25H22N4O. The van der Waals surface area contributed by atoms with Gasteiger partial charge in [-0.2, -0.15) is 5.26 Å². The van der Waals surface area contributed by atoms with Crippen LogP contribution in [0.2, 0.25) is 0 Å². The summed E-state index contributed by atoms with van der Waals surface area (Å²) >= 11 is 0. The minimum absolute atomic E-state index is 0.616. The SMILES string of the molecule is CN1CCN(c2ccc(-c3cnc4c(-c5ccccc5C#N)coc4c3)cc2)CC1. The molecule has 1 aliphatic heterocycles. The molecule has 0 spiro atoms. The van der Waals surface area contributed by atoms with Crippen LogP contribution in [0.1, 0.15) is 5.56 Å². The fourth-order valence-electron chi connectivity index (χ4n) is 4.01. The van der Waals surface area contributed by atoms with Crippen molar-refractivity contribution in [2.24, 2.45) is 0 Å². The number of aromatic nitrogens is 1. The van der Waals surface area contributed by atoms with E-state index in [1.54, 1.807) is 6.26 Å². The van der Waals surface area contributed by atoms with Gasteiger partial charge in [-0.15, -0.1) is 0 Å². The van der Waals surface area contributed by atoms with Gasteiger partial charge in [0.15, 0.2) is 5.58 Å². The number of rotatable bonds is 3. The highest BCUT2D eigenvalue weighted by Crippen LogP contribution is 2.33. The summed E-state index contributed by atoms with van der Waals surface area (Å²) in [5.74, 6) is 0. The Morgan fingerprint density at radius 2 is 1.70 bits per heavy atom. The molecule has 5 heteroatoms. The lowest BCUT2D eigenvalue weighted by Gasteiger charge is -2.34. The summed E-state index contributed by atoms with van der Waals surface area (Å²) in [6.07, 6.45) is 3.56. The predicted octanol–water partition coefficient (Wildman–Crippen LogP) is 4.79. The Bertz CT molecular complexity index is 1230. The quantitative estimate of drug-likeness (QED) is 0.500. The van der Waals surface area contributed by atoms with Crippen molar-refractivity contribution in [3.8, 4) is 28.3 Å². The summed E-state index contributed by atoms with van der Waals surface area (Å²) in [5, 5.41) is 9.40. The van der Waals surface area contributed by atoms with E-state index in [4.69, 9.17) is 4.42 Å². The summed E-state index contributed by atoms with van der Waals surface area (Å²) in [5.41, 5.74) is 7.18. The van der Waals surface area contributed by atoms with Gasteiger partial charge in [-0.1, -0.05) is 30.3 Å². The van der Waals surface area contributed by atoms with Gasteiger partial charge in [-0.05, 0) is 36.9 Å². The molecule has 5 rings (SSSR count). The molecule has 148 valence electrons. The largest absolute Gasteiger partial charge is 0.462 e. The van der Waals surface area contributed by atoms with Gasteiger partial charge in [0.25, 0.3) is 0 Å². The number of fused-ring (bicyclic) bond motifs is 1. The lowest BCUT2D eigenvalue weighted by atomic mass is 10.0. The van der Waals surface area contributed by atoms with Crippen LogP contribution in [-0.2, 0) is 0 Å². The average molecular weight is 394 g/mol. The summed E-state index contributed by atoms with van der Waals surface area (Å²) in [6, 6.07) is 20.4. The van der Waals surface area contributed by atoms with Crippen LogP contribution in [0.3, 0.4) is 0 Å². The van der Waals surface area contributed by atoms with E-state index in [1.165, 1.54) is 5.69 Å². The Balaban J connectivity index is 1.44. The number of benzene rings is 2. The number of furan rings is 1. The molecule has 1 aliphatic rings. The second kappa shape index (κ2) is 7.66. The number of anilines is 1. The Hall–Kier alpha value is -3.62. The minimum Gasteiger partial charge on any atom is -0.462 e. The second-order valence-corrected chi connectivity index (χ2v) is 7.71. The molecule has 4 aromatic rings. The molecular weight excluding hydrogens is 372 g/mol. The normalized spacial score (nSPS) is 14.7. The first-order valence-corrected chi connectivity index (χ1v) is 10.1. The molecule has 2 aromatic heterocycles. The van der Waals surface area contributed by atoms with Gasteiger partial charge in [0.05, 0.1) is 11.6 Å². The number of hydrogen-bond acceptors (Lipinski definition) is 5. The van der Waals surface area contributed by atoms with E-state index in [9.17, 15) is 5.26 Å². The molecule has 5 nitrogen and oxygen atoms in total. The number of nitriles is 1. The molecule has 0 unspecified atom stereocenters. The number of hydrogen-bond donors (Lipinski definition) is 0. The third-order valence-corrected chi connectivity index (χ3v) is 5.82. The zero-order chi connectivity index (χ0) is 20.5. The molecule has 3 heterocycles. The summed E-state index contributed by atoms with van der Waals surface area (Å²) < 4.78 is 5.81. The maximum atomic E-state index is 9.40. The monoisotopic (exact) mass is 394 g/mol. The van der Waals surface area contributed by atoms with E-state index in [-0.39, 0.29) is 0 Å². The number of likely N-dealkylation sites (N-methyl/N-ethyl adjacent to an activating group) is 1. The van der Waals surface area contributed by atoms with Crippen molar-refractivity contribution in [2.75, 3.05) is 38.1 Å². The first-order valence-electron chi connectivity index (χ1n) is 10.1. The van der Waals surface area contributed by atoms with Crippen LogP contribution in [-0.4, -0.2) is 43.1 Å². The van der Waals surface area contributed by atoms with E-state index in [2.05, 4.69) is 52.2 Å². The highest BCUT2D eigenvalue weighted by atomic mass is 16.3. The number of piperazine rings is 1. The topological polar surface area (TPSA) is 56.3 Å². The third-order valence-electron chi connectivity index (χ3n) is 5.82. The Kier molecular flexibility index (Phi) is 4.70. The van der Waals surface area contributed by atoms with Crippen LogP contribution in [0.4, 0.5) is 5.69 Å². The molecule has 0 aliphatic carbocycles. The van der Waals surface area contributed by atoms with Gasteiger partial charge in [0, 0.05) is 54.8 Å². The molecule has 0 atom stereocenters.